The van der Waals surface area contributed by atoms with Gasteiger partial charge in [0.2, 0.25) is 6.43 Å². The van der Waals surface area contributed by atoms with E-state index in [1.165, 1.54) is 17.6 Å². The van der Waals surface area contributed by atoms with Gasteiger partial charge in [0.1, 0.15) is 5.69 Å². The molecule has 0 aliphatic carbocycles. The minimum Gasteiger partial charge on any atom is -0.367 e. The third kappa shape index (κ3) is 2.41. The van der Waals surface area contributed by atoms with Crippen molar-refractivity contribution in [1.29, 1.82) is 0 Å². The van der Waals surface area contributed by atoms with E-state index < -0.39 is 23.1 Å². The normalized spacial score (nSPS) is 16.4. The van der Waals surface area contributed by atoms with Crippen LogP contribution in [-0.2, 0) is 0 Å². The molecule has 0 spiro atoms. The number of anilines is 1. The minimum absolute atomic E-state index is 0.175. The van der Waals surface area contributed by atoms with Gasteiger partial charge in [-0.15, -0.1) is 0 Å². The summed E-state index contributed by atoms with van der Waals surface area (Å²) in [6.07, 6.45) is 2.01. The summed E-state index contributed by atoms with van der Waals surface area (Å²) in [7, 11) is 0. The lowest BCUT2D eigenvalue weighted by molar-refractivity contribution is -0.0120. The Morgan fingerprint density at radius 2 is 2.08 bits per heavy atom. The highest BCUT2D eigenvalue weighted by atomic mass is 19.3. The number of nitrogens with zero attached hydrogens (tertiary/aromatic N) is 4. The summed E-state index contributed by atoms with van der Waals surface area (Å²) in [6, 6.07) is 1.62. The molecule has 0 unspecified atom stereocenters. The molecule has 1 fully saturated rings. The third-order valence-corrected chi connectivity index (χ3v) is 4.41. The second kappa shape index (κ2) is 5.23. The molecule has 0 radical (unpaired) electrons. The van der Waals surface area contributed by atoms with Gasteiger partial charge in [0.15, 0.2) is 5.65 Å². The summed E-state index contributed by atoms with van der Waals surface area (Å²) < 4.78 is 27.7. The molecule has 2 N–H and O–H groups in total. The van der Waals surface area contributed by atoms with Crippen molar-refractivity contribution >= 4 is 11.3 Å². The standard InChI is InChI=1S/C15H14F2N6O2/c1-15(13(16)17)6-22(7-15)10-4-9(21-23-3-2-18-11(10)23)8-5-19-14(25)20-12(8)24/h2-5,13H,6-7H2,1H3,(H2,19,20,24,25). The first-order valence-electron chi connectivity index (χ1n) is 7.57. The predicted octanol–water partition coefficient (Wildman–Crippen LogP) is 0.864. The largest absolute Gasteiger partial charge is 0.367 e. The van der Waals surface area contributed by atoms with Gasteiger partial charge < -0.3 is 9.88 Å². The van der Waals surface area contributed by atoms with Crippen molar-refractivity contribution in [3.63, 3.8) is 0 Å². The van der Waals surface area contributed by atoms with E-state index in [9.17, 15) is 18.4 Å². The molecule has 0 aromatic carbocycles. The van der Waals surface area contributed by atoms with Crippen LogP contribution in [0, 0.1) is 5.41 Å². The number of alkyl halides is 2. The summed E-state index contributed by atoms with van der Waals surface area (Å²) >= 11 is 0. The van der Waals surface area contributed by atoms with E-state index in [4.69, 9.17) is 0 Å². The predicted molar refractivity (Wildman–Crippen MR) is 86.0 cm³/mol. The van der Waals surface area contributed by atoms with Crippen LogP contribution >= 0.6 is 0 Å². The molecule has 10 heteroatoms. The molecular weight excluding hydrogens is 334 g/mol. The van der Waals surface area contributed by atoms with E-state index in [0.29, 0.717) is 17.0 Å². The second-order valence-electron chi connectivity index (χ2n) is 6.41. The van der Waals surface area contributed by atoms with Crippen LogP contribution in [0.4, 0.5) is 14.5 Å². The van der Waals surface area contributed by atoms with Crippen LogP contribution < -0.4 is 16.1 Å². The molecule has 1 saturated heterocycles. The highest BCUT2D eigenvalue weighted by Crippen LogP contribution is 2.40. The molecule has 1 aliphatic heterocycles. The van der Waals surface area contributed by atoms with Gasteiger partial charge in [0.25, 0.3) is 5.56 Å². The van der Waals surface area contributed by atoms with Gasteiger partial charge in [-0.25, -0.2) is 23.1 Å². The Bertz CT molecular complexity index is 1060. The Labute approximate surface area is 139 Å². The molecule has 25 heavy (non-hydrogen) atoms. The Morgan fingerprint density at radius 1 is 1.32 bits per heavy atom. The van der Waals surface area contributed by atoms with E-state index in [0.717, 1.165) is 0 Å². The summed E-state index contributed by atoms with van der Waals surface area (Å²) in [5.41, 5.74) is -0.657. The topological polar surface area (TPSA) is 99.2 Å². The molecule has 130 valence electrons. The fraction of sp³-hybridized carbons (Fsp3) is 0.333. The number of aromatic nitrogens is 5. The van der Waals surface area contributed by atoms with Crippen LogP contribution in [0.2, 0.25) is 0 Å². The van der Waals surface area contributed by atoms with E-state index in [1.807, 2.05) is 0 Å². The zero-order chi connectivity index (χ0) is 17.8. The molecule has 4 rings (SSSR count). The van der Waals surface area contributed by atoms with Gasteiger partial charge in [0, 0.05) is 31.7 Å². The Balaban J connectivity index is 1.81. The smallest absolute Gasteiger partial charge is 0.325 e. The minimum atomic E-state index is -2.41. The Hall–Kier alpha value is -3.04. The van der Waals surface area contributed by atoms with Crippen molar-refractivity contribution in [2.45, 2.75) is 13.3 Å². The van der Waals surface area contributed by atoms with Crippen molar-refractivity contribution in [3.8, 4) is 11.3 Å². The first-order valence-corrected chi connectivity index (χ1v) is 7.57. The number of nitrogens with one attached hydrogen (secondary N) is 2. The monoisotopic (exact) mass is 348 g/mol. The number of halogens is 2. The van der Waals surface area contributed by atoms with E-state index in [2.05, 4.69) is 20.1 Å². The number of aromatic amines is 2. The Kier molecular flexibility index (Phi) is 3.24. The summed E-state index contributed by atoms with van der Waals surface area (Å²) in [5.74, 6) is 0. The van der Waals surface area contributed by atoms with E-state index >= 15 is 0 Å². The SMILES string of the molecule is CC1(C(F)F)CN(c2cc(-c3c[nH]c(=O)[nH]c3=O)nn3ccnc23)C1. The summed E-state index contributed by atoms with van der Waals surface area (Å²) in [6.45, 7) is 1.89. The summed E-state index contributed by atoms with van der Waals surface area (Å²) in [5, 5.41) is 4.31. The maximum Gasteiger partial charge on any atom is 0.325 e. The van der Waals surface area contributed by atoms with Crippen LogP contribution in [0.15, 0.2) is 34.2 Å². The van der Waals surface area contributed by atoms with Crippen LogP contribution in [0.5, 0.6) is 0 Å². The molecule has 0 bridgehead atoms. The zero-order valence-corrected chi connectivity index (χ0v) is 13.2. The van der Waals surface area contributed by atoms with Gasteiger partial charge in [-0.05, 0) is 6.07 Å². The van der Waals surface area contributed by atoms with Crippen LogP contribution in [0.1, 0.15) is 6.92 Å². The van der Waals surface area contributed by atoms with Crippen molar-refractivity contribution in [1.82, 2.24) is 24.6 Å². The lowest BCUT2D eigenvalue weighted by Gasteiger charge is -2.48. The van der Waals surface area contributed by atoms with Crippen molar-refractivity contribution in [2.24, 2.45) is 5.41 Å². The molecule has 0 saturated carbocycles. The molecular formula is C15H14F2N6O2. The van der Waals surface area contributed by atoms with Crippen molar-refractivity contribution in [3.05, 3.63) is 45.5 Å². The zero-order valence-electron chi connectivity index (χ0n) is 13.2. The fourth-order valence-corrected chi connectivity index (χ4v) is 3.00. The fourth-order valence-electron chi connectivity index (χ4n) is 3.00. The maximum atomic E-state index is 13.1. The maximum absolute atomic E-state index is 13.1. The number of hydrogen-bond acceptors (Lipinski definition) is 5. The lowest BCUT2D eigenvalue weighted by Crippen LogP contribution is -2.58. The molecule has 1 aliphatic rings. The molecule has 8 nitrogen and oxygen atoms in total. The number of fused-ring (bicyclic) bond motifs is 1. The van der Waals surface area contributed by atoms with Gasteiger partial charge >= 0.3 is 5.69 Å². The molecule has 3 aromatic rings. The van der Waals surface area contributed by atoms with Crippen LogP contribution in [0.25, 0.3) is 16.9 Å². The summed E-state index contributed by atoms with van der Waals surface area (Å²) in [4.78, 5) is 33.7. The third-order valence-electron chi connectivity index (χ3n) is 4.41. The van der Waals surface area contributed by atoms with Crippen molar-refractivity contribution < 1.29 is 8.78 Å². The van der Waals surface area contributed by atoms with Gasteiger partial charge in [0.05, 0.1) is 16.7 Å². The molecule has 0 atom stereocenters. The highest BCUT2D eigenvalue weighted by molar-refractivity contribution is 5.75. The average molecular weight is 348 g/mol. The van der Waals surface area contributed by atoms with Crippen molar-refractivity contribution in [2.75, 3.05) is 18.0 Å². The van der Waals surface area contributed by atoms with Crippen LogP contribution in [-0.4, -0.2) is 44.1 Å². The Morgan fingerprint density at radius 3 is 2.76 bits per heavy atom. The van der Waals surface area contributed by atoms with Crippen LogP contribution in [0.3, 0.4) is 0 Å². The quantitative estimate of drug-likeness (QED) is 0.732. The van der Waals surface area contributed by atoms with Gasteiger partial charge in [-0.2, -0.15) is 5.10 Å². The number of H-pyrrole nitrogens is 2. The average Bonchev–Trinajstić information content (AvgIpc) is 2.99. The van der Waals surface area contributed by atoms with E-state index in [-0.39, 0.29) is 18.7 Å². The van der Waals surface area contributed by atoms with E-state index in [1.54, 1.807) is 23.4 Å². The molecule has 0 amide bonds. The lowest BCUT2D eigenvalue weighted by atomic mass is 9.82. The first-order chi connectivity index (χ1) is 11.9. The molecule has 4 heterocycles. The first kappa shape index (κ1) is 15.5. The van der Waals surface area contributed by atoms with Gasteiger partial charge in [-0.1, -0.05) is 6.92 Å². The number of hydrogen-bond donors (Lipinski definition) is 2. The second-order valence-corrected chi connectivity index (χ2v) is 6.41. The number of imidazole rings is 1. The van der Waals surface area contributed by atoms with Gasteiger partial charge in [-0.3, -0.25) is 9.78 Å². The highest BCUT2D eigenvalue weighted by Gasteiger charge is 2.47. The molecule has 3 aromatic heterocycles. The number of rotatable bonds is 3.